The van der Waals surface area contributed by atoms with Crippen molar-refractivity contribution in [3.05, 3.63) is 22.2 Å². The number of carboxylic acid groups (broad SMARTS) is 1. The van der Waals surface area contributed by atoms with Crippen LogP contribution in [0.2, 0.25) is 0 Å². The quantitative estimate of drug-likeness (QED) is 0.806. The van der Waals surface area contributed by atoms with E-state index in [2.05, 4.69) is 15.9 Å². The van der Waals surface area contributed by atoms with E-state index in [0.29, 0.717) is 17.9 Å². The SMILES string of the molecule is COc1cc(Br)c(C(Cl)CCC(=O)O)cc1OC. The molecule has 0 heterocycles. The molecule has 6 heteroatoms. The highest BCUT2D eigenvalue weighted by Gasteiger charge is 2.17. The smallest absolute Gasteiger partial charge is 0.303 e. The van der Waals surface area contributed by atoms with Crippen LogP contribution in [0.3, 0.4) is 0 Å². The molecule has 0 spiro atoms. The van der Waals surface area contributed by atoms with E-state index in [1.54, 1.807) is 19.2 Å². The first-order valence-electron chi connectivity index (χ1n) is 5.26. The predicted molar refractivity (Wildman–Crippen MR) is 72.7 cm³/mol. The minimum atomic E-state index is -0.864. The van der Waals surface area contributed by atoms with Gasteiger partial charge in [0.1, 0.15) is 0 Å². The van der Waals surface area contributed by atoms with E-state index >= 15 is 0 Å². The van der Waals surface area contributed by atoms with E-state index in [1.165, 1.54) is 7.11 Å². The third kappa shape index (κ3) is 3.78. The molecule has 0 bridgehead atoms. The van der Waals surface area contributed by atoms with Crippen LogP contribution in [0, 0.1) is 0 Å². The highest BCUT2D eigenvalue weighted by Crippen LogP contribution is 2.39. The van der Waals surface area contributed by atoms with Crippen molar-refractivity contribution in [1.82, 2.24) is 0 Å². The number of aliphatic carboxylic acids is 1. The fourth-order valence-corrected chi connectivity index (χ4v) is 2.54. The fraction of sp³-hybridized carbons (Fsp3) is 0.417. The van der Waals surface area contributed by atoms with E-state index < -0.39 is 11.3 Å². The average Bonchev–Trinajstić information content (AvgIpc) is 2.35. The molecule has 1 rings (SSSR count). The second-order valence-corrected chi connectivity index (χ2v) is 5.01. The van der Waals surface area contributed by atoms with Gasteiger partial charge in [0.2, 0.25) is 0 Å². The summed E-state index contributed by atoms with van der Waals surface area (Å²) in [6.45, 7) is 0. The van der Waals surface area contributed by atoms with Crippen molar-refractivity contribution < 1.29 is 19.4 Å². The Bertz CT molecular complexity index is 436. The summed E-state index contributed by atoms with van der Waals surface area (Å²) in [5.41, 5.74) is 0.788. The normalized spacial score (nSPS) is 12.0. The number of benzene rings is 1. The predicted octanol–water partition coefficient (Wildman–Crippen LogP) is 3.61. The number of rotatable bonds is 6. The Kier molecular flexibility index (Phi) is 5.75. The third-order valence-corrected chi connectivity index (χ3v) is 3.59. The lowest BCUT2D eigenvalue weighted by molar-refractivity contribution is -0.137. The van der Waals surface area contributed by atoms with Gasteiger partial charge in [-0.3, -0.25) is 4.79 Å². The zero-order valence-corrected chi connectivity index (χ0v) is 12.4. The van der Waals surface area contributed by atoms with E-state index in [9.17, 15) is 4.79 Å². The number of carboxylic acids is 1. The van der Waals surface area contributed by atoms with Crippen LogP contribution in [0.25, 0.3) is 0 Å². The highest BCUT2D eigenvalue weighted by atomic mass is 79.9. The zero-order chi connectivity index (χ0) is 13.7. The lowest BCUT2D eigenvalue weighted by Gasteiger charge is -2.15. The molecule has 0 saturated heterocycles. The first-order chi connectivity index (χ1) is 8.49. The van der Waals surface area contributed by atoms with Gasteiger partial charge in [0.05, 0.1) is 19.6 Å². The van der Waals surface area contributed by atoms with Crippen molar-refractivity contribution in [2.24, 2.45) is 0 Å². The molecule has 100 valence electrons. The number of halogens is 2. The van der Waals surface area contributed by atoms with Crippen LogP contribution in [0.5, 0.6) is 11.5 Å². The van der Waals surface area contributed by atoms with Crippen molar-refractivity contribution in [3.63, 3.8) is 0 Å². The Labute approximate surface area is 119 Å². The van der Waals surface area contributed by atoms with Crippen molar-refractivity contribution in [3.8, 4) is 11.5 Å². The topological polar surface area (TPSA) is 55.8 Å². The van der Waals surface area contributed by atoms with Gasteiger partial charge < -0.3 is 14.6 Å². The standard InChI is InChI=1S/C12H14BrClO4/c1-17-10-5-7(8(13)6-11(10)18-2)9(14)3-4-12(15)16/h5-6,9H,3-4H2,1-2H3,(H,15,16). The summed E-state index contributed by atoms with van der Waals surface area (Å²) >= 11 is 9.58. The molecule has 0 saturated carbocycles. The highest BCUT2D eigenvalue weighted by molar-refractivity contribution is 9.10. The Morgan fingerprint density at radius 1 is 1.39 bits per heavy atom. The molecule has 0 amide bonds. The number of carbonyl (C=O) groups is 1. The summed E-state index contributed by atoms with van der Waals surface area (Å²) in [6, 6.07) is 3.51. The Balaban J connectivity index is 2.97. The minimum absolute atomic E-state index is 0.0228. The molecule has 1 aromatic rings. The number of methoxy groups -OCH3 is 2. The Morgan fingerprint density at radius 2 is 1.94 bits per heavy atom. The molecule has 0 aliphatic carbocycles. The number of ether oxygens (including phenoxy) is 2. The van der Waals surface area contributed by atoms with Crippen LogP contribution < -0.4 is 9.47 Å². The molecule has 1 atom stereocenters. The molecular weight excluding hydrogens is 323 g/mol. The maximum Gasteiger partial charge on any atom is 0.303 e. The zero-order valence-electron chi connectivity index (χ0n) is 10.1. The van der Waals surface area contributed by atoms with Gasteiger partial charge >= 0.3 is 5.97 Å². The first-order valence-corrected chi connectivity index (χ1v) is 6.49. The van der Waals surface area contributed by atoms with Gasteiger partial charge in [-0.1, -0.05) is 15.9 Å². The monoisotopic (exact) mass is 336 g/mol. The summed E-state index contributed by atoms with van der Waals surface area (Å²) in [5.74, 6) is 0.296. The van der Waals surface area contributed by atoms with E-state index in [-0.39, 0.29) is 6.42 Å². The van der Waals surface area contributed by atoms with Gasteiger partial charge in [-0.15, -0.1) is 11.6 Å². The number of alkyl halides is 1. The fourth-order valence-electron chi connectivity index (χ4n) is 1.52. The van der Waals surface area contributed by atoms with Crippen molar-refractivity contribution in [1.29, 1.82) is 0 Å². The summed E-state index contributed by atoms with van der Waals surface area (Å²) < 4.78 is 11.1. The summed E-state index contributed by atoms with van der Waals surface area (Å²) in [4.78, 5) is 10.5. The molecule has 1 N–H and O–H groups in total. The van der Waals surface area contributed by atoms with Crippen LogP contribution in [0.1, 0.15) is 23.8 Å². The molecule has 0 fully saturated rings. The third-order valence-electron chi connectivity index (χ3n) is 2.45. The largest absolute Gasteiger partial charge is 0.493 e. The van der Waals surface area contributed by atoms with Gasteiger partial charge in [-0.2, -0.15) is 0 Å². The van der Waals surface area contributed by atoms with Gasteiger partial charge in [0.25, 0.3) is 0 Å². The van der Waals surface area contributed by atoms with Gasteiger partial charge in [-0.25, -0.2) is 0 Å². The second kappa shape index (κ2) is 6.85. The molecule has 0 aromatic heterocycles. The van der Waals surface area contributed by atoms with E-state index in [1.807, 2.05) is 0 Å². The average molecular weight is 338 g/mol. The van der Waals surface area contributed by atoms with E-state index in [0.717, 1.165) is 10.0 Å². The molecule has 1 aromatic carbocycles. The van der Waals surface area contributed by atoms with Crippen LogP contribution in [0.15, 0.2) is 16.6 Å². The van der Waals surface area contributed by atoms with Crippen LogP contribution in [0.4, 0.5) is 0 Å². The number of hydrogen-bond acceptors (Lipinski definition) is 3. The van der Waals surface area contributed by atoms with Crippen LogP contribution >= 0.6 is 27.5 Å². The molecule has 18 heavy (non-hydrogen) atoms. The van der Waals surface area contributed by atoms with Gasteiger partial charge in [0, 0.05) is 10.9 Å². The number of hydrogen-bond donors (Lipinski definition) is 1. The van der Waals surface area contributed by atoms with Crippen LogP contribution in [-0.4, -0.2) is 25.3 Å². The van der Waals surface area contributed by atoms with Crippen molar-refractivity contribution in [2.75, 3.05) is 14.2 Å². The minimum Gasteiger partial charge on any atom is -0.493 e. The lowest BCUT2D eigenvalue weighted by atomic mass is 10.1. The van der Waals surface area contributed by atoms with Gasteiger partial charge in [0.15, 0.2) is 11.5 Å². The molecule has 1 unspecified atom stereocenters. The van der Waals surface area contributed by atoms with Gasteiger partial charge in [-0.05, 0) is 24.1 Å². The molecule has 0 aliphatic heterocycles. The second-order valence-electron chi connectivity index (χ2n) is 3.63. The summed E-state index contributed by atoms with van der Waals surface area (Å²) in [7, 11) is 3.09. The first kappa shape index (κ1) is 15.1. The summed E-state index contributed by atoms with van der Waals surface area (Å²) in [5, 5.41) is 8.25. The maximum atomic E-state index is 10.5. The lowest BCUT2D eigenvalue weighted by Crippen LogP contribution is -2.00. The Morgan fingerprint density at radius 3 is 2.44 bits per heavy atom. The summed E-state index contributed by atoms with van der Waals surface area (Å²) in [6.07, 6.45) is 0.375. The molecule has 0 radical (unpaired) electrons. The van der Waals surface area contributed by atoms with Crippen molar-refractivity contribution >= 4 is 33.5 Å². The van der Waals surface area contributed by atoms with E-state index in [4.69, 9.17) is 26.2 Å². The van der Waals surface area contributed by atoms with Crippen molar-refractivity contribution in [2.45, 2.75) is 18.2 Å². The van der Waals surface area contributed by atoms with Crippen LogP contribution in [-0.2, 0) is 4.79 Å². The molecule has 0 aliphatic rings. The maximum absolute atomic E-state index is 10.5. The molecule has 4 nitrogen and oxygen atoms in total. The Hall–Kier alpha value is -0.940. The molecular formula is C12H14BrClO4.